The van der Waals surface area contributed by atoms with Crippen LogP contribution in [0.1, 0.15) is 25.7 Å². The molecule has 2 aromatic heterocycles. The molecule has 1 aliphatic carbocycles. The molecule has 0 radical (unpaired) electrons. The number of aromatic nitrogens is 3. The number of rotatable bonds is 7. The lowest BCUT2D eigenvalue weighted by Gasteiger charge is -2.15. The molecule has 7 nitrogen and oxygen atoms in total. The third kappa shape index (κ3) is 4.56. The Hall–Kier alpha value is -3.35. The Balaban J connectivity index is 1.66. The first kappa shape index (κ1) is 19.0. The smallest absolute Gasteiger partial charge is 0.225 e. The predicted molar refractivity (Wildman–Crippen MR) is 114 cm³/mol. The summed E-state index contributed by atoms with van der Waals surface area (Å²) in [5, 5.41) is 6.83. The molecule has 29 heavy (non-hydrogen) atoms. The van der Waals surface area contributed by atoms with Gasteiger partial charge in [-0.15, -0.1) is 0 Å². The van der Waals surface area contributed by atoms with Crippen LogP contribution in [0.5, 0.6) is 11.5 Å². The summed E-state index contributed by atoms with van der Waals surface area (Å²) >= 11 is 0. The summed E-state index contributed by atoms with van der Waals surface area (Å²) in [6.45, 7) is 0. The minimum absolute atomic E-state index is 0.419. The number of nitrogens with one attached hydrogen (secondary N) is 2. The Morgan fingerprint density at radius 2 is 1.72 bits per heavy atom. The van der Waals surface area contributed by atoms with Crippen molar-refractivity contribution in [3.05, 3.63) is 48.7 Å². The molecule has 4 rings (SSSR count). The van der Waals surface area contributed by atoms with Crippen LogP contribution in [0, 0.1) is 0 Å². The van der Waals surface area contributed by atoms with Crippen LogP contribution in [0.3, 0.4) is 0 Å². The number of pyridine rings is 1. The molecule has 0 spiro atoms. The van der Waals surface area contributed by atoms with Crippen molar-refractivity contribution in [3.8, 4) is 22.9 Å². The topological polar surface area (TPSA) is 81.2 Å². The van der Waals surface area contributed by atoms with E-state index in [0.717, 1.165) is 29.9 Å². The molecule has 3 aromatic rings. The highest BCUT2D eigenvalue weighted by atomic mass is 16.5. The predicted octanol–water partition coefficient (Wildman–Crippen LogP) is 4.65. The zero-order chi connectivity index (χ0) is 20.1. The largest absolute Gasteiger partial charge is 0.493 e. The molecular weight excluding hydrogens is 366 g/mol. The lowest BCUT2D eigenvalue weighted by atomic mass is 10.2. The van der Waals surface area contributed by atoms with E-state index in [9.17, 15) is 0 Å². The van der Waals surface area contributed by atoms with Gasteiger partial charge in [-0.2, -0.15) is 4.98 Å². The standard InChI is InChI=1S/C22H25N5O2/c1-28-19-11-10-16(13-20(19)29-2)24-21-14-18(17-9-5-6-12-23-17)26-22(27-21)25-15-7-3-4-8-15/h5-6,9-15H,3-4,7-8H2,1-2H3,(H2,24,25,26,27). The first-order valence-corrected chi connectivity index (χ1v) is 9.81. The van der Waals surface area contributed by atoms with Gasteiger partial charge < -0.3 is 20.1 Å². The molecule has 0 aliphatic heterocycles. The molecule has 1 fully saturated rings. The fourth-order valence-corrected chi connectivity index (χ4v) is 3.54. The van der Waals surface area contributed by atoms with Crippen molar-refractivity contribution < 1.29 is 9.47 Å². The van der Waals surface area contributed by atoms with E-state index in [1.807, 2.05) is 42.5 Å². The van der Waals surface area contributed by atoms with Crippen LogP contribution in [0.15, 0.2) is 48.7 Å². The summed E-state index contributed by atoms with van der Waals surface area (Å²) in [5.74, 6) is 2.63. The minimum Gasteiger partial charge on any atom is -0.493 e. The van der Waals surface area contributed by atoms with E-state index < -0.39 is 0 Å². The molecule has 7 heteroatoms. The third-order valence-corrected chi connectivity index (χ3v) is 5.00. The van der Waals surface area contributed by atoms with Crippen molar-refractivity contribution in [3.63, 3.8) is 0 Å². The fraction of sp³-hybridized carbons (Fsp3) is 0.318. The van der Waals surface area contributed by atoms with Crippen LogP contribution in [-0.2, 0) is 0 Å². The maximum Gasteiger partial charge on any atom is 0.225 e. The first-order chi connectivity index (χ1) is 14.2. The maximum atomic E-state index is 5.40. The van der Waals surface area contributed by atoms with Gasteiger partial charge >= 0.3 is 0 Å². The monoisotopic (exact) mass is 391 g/mol. The van der Waals surface area contributed by atoms with Crippen molar-refractivity contribution in [1.82, 2.24) is 15.0 Å². The van der Waals surface area contributed by atoms with E-state index in [4.69, 9.17) is 14.5 Å². The Kier molecular flexibility index (Phi) is 5.74. The summed E-state index contributed by atoms with van der Waals surface area (Å²) < 4.78 is 10.7. The van der Waals surface area contributed by atoms with E-state index in [2.05, 4.69) is 20.6 Å². The second-order valence-electron chi connectivity index (χ2n) is 7.00. The van der Waals surface area contributed by atoms with Gasteiger partial charge in [0.15, 0.2) is 11.5 Å². The molecule has 0 bridgehead atoms. The normalized spacial score (nSPS) is 13.9. The Morgan fingerprint density at radius 3 is 2.45 bits per heavy atom. The van der Waals surface area contributed by atoms with Gasteiger partial charge in [-0.05, 0) is 37.1 Å². The second-order valence-corrected chi connectivity index (χ2v) is 7.00. The average Bonchev–Trinajstić information content (AvgIpc) is 3.27. The Bertz CT molecular complexity index is 959. The summed E-state index contributed by atoms with van der Waals surface area (Å²) in [5.41, 5.74) is 2.42. The molecule has 1 saturated carbocycles. The number of ether oxygens (including phenoxy) is 2. The lowest BCUT2D eigenvalue weighted by Crippen LogP contribution is -2.17. The second kappa shape index (κ2) is 8.77. The number of benzene rings is 1. The van der Waals surface area contributed by atoms with E-state index in [1.165, 1.54) is 12.8 Å². The Labute approximate surface area is 170 Å². The van der Waals surface area contributed by atoms with Gasteiger partial charge in [0.25, 0.3) is 0 Å². The van der Waals surface area contributed by atoms with Gasteiger partial charge in [0.2, 0.25) is 5.95 Å². The lowest BCUT2D eigenvalue weighted by molar-refractivity contribution is 0.355. The molecule has 1 aromatic carbocycles. The third-order valence-electron chi connectivity index (χ3n) is 5.00. The van der Waals surface area contributed by atoms with E-state index >= 15 is 0 Å². The number of anilines is 3. The summed E-state index contributed by atoms with van der Waals surface area (Å²) in [7, 11) is 3.24. The number of hydrogen-bond donors (Lipinski definition) is 2. The van der Waals surface area contributed by atoms with Gasteiger partial charge in [0, 0.05) is 30.1 Å². The van der Waals surface area contributed by atoms with E-state index in [-0.39, 0.29) is 0 Å². The zero-order valence-electron chi connectivity index (χ0n) is 16.7. The van der Waals surface area contributed by atoms with Gasteiger partial charge in [-0.1, -0.05) is 18.9 Å². The molecule has 1 aliphatic rings. The molecule has 150 valence electrons. The van der Waals surface area contributed by atoms with Crippen LogP contribution in [0.2, 0.25) is 0 Å². The van der Waals surface area contributed by atoms with Gasteiger partial charge in [0.05, 0.1) is 25.6 Å². The highest BCUT2D eigenvalue weighted by Crippen LogP contribution is 2.32. The first-order valence-electron chi connectivity index (χ1n) is 9.81. The summed E-state index contributed by atoms with van der Waals surface area (Å²) in [6.07, 6.45) is 6.55. The van der Waals surface area contributed by atoms with Crippen molar-refractivity contribution >= 4 is 17.5 Å². The number of methoxy groups -OCH3 is 2. The molecular formula is C22H25N5O2. The number of nitrogens with zero attached hydrogens (tertiary/aromatic N) is 3. The van der Waals surface area contributed by atoms with Crippen LogP contribution < -0.4 is 20.1 Å². The van der Waals surface area contributed by atoms with Gasteiger partial charge in [-0.3, -0.25) is 4.98 Å². The molecule has 0 saturated heterocycles. The fourth-order valence-electron chi connectivity index (χ4n) is 3.54. The summed E-state index contributed by atoms with van der Waals surface area (Å²) in [4.78, 5) is 13.8. The van der Waals surface area contributed by atoms with E-state index in [0.29, 0.717) is 29.3 Å². The van der Waals surface area contributed by atoms with Crippen molar-refractivity contribution in [2.24, 2.45) is 0 Å². The van der Waals surface area contributed by atoms with Crippen LogP contribution >= 0.6 is 0 Å². The molecule has 0 atom stereocenters. The van der Waals surface area contributed by atoms with Crippen molar-refractivity contribution in [2.75, 3.05) is 24.9 Å². The van der Waals surface area contributed by atoms with E-state index in [1.54, 1.807) is 20.4 Å². The van der Waals surface area contributed by atoms with Crippen LogP contribution in [0.4, 0.5) is 17.5 Å². The molecule has 0 amide bonds. The van der Waals surface area contributed by atoms with Crippen molar-refractivity contribution in [2.45, 2.75) is 31.7 Å². The summed E-state index contributed by atoms with van der Waals surface area (Å²) in [6, 6.07) is 13.8. The maximum absolute atomic E-state index is 5.40. The number of hydrogen-bond acceptors (Lipinski definition) is 7. The van der Waals surface area contributed by atoms with Gasteiger partial charge in [0.1, 0.15) is 5.82 Å². The molecule has 2 heterocycles. The molecule has 0 unspecified atom stereocenters. The average molecular weight is 391 g/mol. The zero-order valence-corrected chi connectivity index (χ0v) is 16.7. The van der Waals surface area contributed by atoms with Crippen LogP contribution in [-0.4, -0.2) is 35.2 Å². The van der Waals surface area contributed by atoms with Crippen LogP contribution in [0.25, 0.3) is 11.4 Å². The Morgan fingerprint density at radius 1 is 0.897 bits per heavy atom. The van der Waals surface area contributed by atoms with Crippen molar-refractivity contribution in [1.29, 1.82) is 0 Å². The quantitative estimate of drug-likeness (QED) is 0.606. The minimum atomic E-state index is 0.419. The highest BCUT2D eigenvalue weighted by Gasteiger charge is 2.17. The molecule has 2 N–H and O–H groups in total. The van der Waals surface area contributed by atoms with Gasteiger partial charge in [-0.25, -0.2) is 4.98 Å². The SMILES string of the molecule is COc1ccc(Nc2cc(-c3ccccn3)nc(NC3CCCC3)n2)cc1OC. The highest BCUT2D eigenvalue weighted by molar-refractivity contribution is 5.67.